The minimum Gasteiger partial charge on any atom is -0.493 e. The Morgan fingerprint density at radius 3 is 2.59 bits per heavy atom. The van der Waals surface area contributed by atoms with E-state index in [-0.39, 0.29) is 18.1 Å². The van der Waals surface area contributed by atoms with Crippen LogP contribution in [0, 0.1) is 0 Å². The molecule has 1 aliphatic heterocycles. The van der Waals surface area contributed by atoms with Crippen LogP contribution in [-0.2, 0) is 17.6 Å². The quantitative estimate of drug-likeness (QED) is 0.487. The normalized spacial score (nSPS) is 18.4. The van der Waals surface area contributed by atoms with Gasteiger partial charge in [0.25, 0.3) is 0 Å². The van der Waals surface area contributed by atoms with Crippen molar-refractivity contribution >= 4 is 11.6 Å². The molecule has 2 heterocycles. The van der Waals surface area contributed by atoms with E-state index in [0.717, 1.165) is 49.5 Å². The first-order valence-electron chi connectivity index (χ1n) is 12.1. The van der Waals surface area contributed by atoms with Gasteiger partial charge in [-0.15, -0.1) is 0 Å². The summed E-state index contributed by atoms with van der Waals surface area (Å²) in [5.74, 6) is 2.39. The van der Waals surface area contributed by atoms with Crippen LogP contribution < -0.4 is 14.4 Å². The Balaban J connectivity index is 1.35. The first-order valence-corrected chi connectivity index (χ1v) is 12.1. The number of piperazine rings is 1. The molecule has 0 bridgehead atoms. The number of furan rings is 1. The van der Waals surface area contributed by atoms with E-state index in [4.69, 9.17) is 13.9 Å². The van der Waals surface area contributed by atoms with Crippen molar-refractivity contribution in [2.75, 3.05) is 31.6 Å². The van der Waals surface area contributed by atoms with Crippen molar-refractivity contribution in [2.45, 2.75) is 44.2 Å². The number of hydrogen-bond donors (Lipinski definition) is 0. The van der Waals surface area contributed by atoms with Crippen molar-refractivity contribution in [1.29, 1.82) is 0 Å². The zero-order chi connectivity index (χ0) is 23.3. The summed E-state index contributed by atoms with van der Waals surface area (Å²) >= 11 is 0. The number of carbonyl (C=O) groups is 1. The number of anilines is 1. The van der Waals surface area contributed by atoms with E-state index in [1.165, 1.54) is 12.0 Å². The van der Waals surface area contributed by atoms with Gasteiger partial charge >= 0.3 is 0 Å². The van der Waals surface area contributed by atoms with Crippen molar-refractivity contribution in [3.63, 3.8) is 0 Å². The number of rotatable bonds is 8. The van der Waals surface area contributed by atoms with Gasteiger partial charge in [-0.25, -0.2) is 0 Å². The van der Waals surface area contributed by atoms with Crippen LogP contribution in [0.5, 0.6) is 11.5 Å². The molecule has 6 nitrogen and oxygen atoms in total. The Bertz CT molecular complexity index is 1080. The molecule has 1 saturated carbocycles. The molecule has 2 aliphatic rings. The van der Waals surface area contributed by atoms with E-state index in [1.54, 1.807) is 13.4 Å². The number of ether oxygens (including phenoxy) is 2. The lowest BCUT2D eigenvalue weighted by atomic mass is 9.96. The summed E-state index contributed by atoms with van der Waals surface area (Å²) in [6.45, 7) is 2.19. The van der Waals surface area contributed by atoms with Gasteiger partial charge in [0.05, 0.1) is 31.9 Å². The number of hydrogen-bond acceptors (Lipinski definition) is 5. The first kappa shape index (κ1) is 22.4. The average Bonchev–Trinajstić information content (AvgIpc) is 3.35. The van der Waals surface area contributed by atoms with Crippen LogP contribution in [0.4, 0.5) is 5.69 Å². The average molecular weight is 461 g/mol. The van der Waals surface area contributed by atoms with Gasteiger partial charge in [0.1, 0.15) is 5.76 Å². The Kier molecular flexibility index (Phi) is 6.74. The summed E-state index contributed by atoms with van der Waals surface area (Å²) < 4.78 is 17.2. The smallest absolute Gasteiger partial charge is 0.230 e. The maximum Gasteiger partial charge on any atom is 0.230 e. The third kappa shape index (κ3) is 5.06. The van der Waals surface area contributed by atoms with Gasteiger partial charge in [-0.3, -0.25) is 4.79 Å². The van der Waals surface area contributed by atoms with Gasteiger partial charge in [-0.2, -0.15) is 0 Å². The fourth-order valence-corrected chi connectivity index (χ4v) is 4.77. The fourth-order valence-electron chi connectivity index (χ4n) is 4.77. The summed E-state index contributed by atoms with van der Waals surface area (Å²) in [5.41, 5.74) is 2.33. The lowest BCUT2D eigenvalue weighted by Crippen LogP contribution is -2.56. The second-order valence-electron chi connectivity index (χ2n) is 9.14. The van der Waals surface area contributed by atoms with Gasteiger partial charge in [0.2, 0.25) is 5.91 Å². The van der Waals surface area contributed by atoms with E-state index in [2.05, 4.69) is 41.3 Å². The lowest BCUT2D eigenvalue weighted by Gasteiger charge is -2.43. The second-order valence-corrected chi connectivity index (χ2v) is 9.14. The molecule has 1 aliphatic carbocycles. The molecule has 2 fully saturated rings. The first-order chi connectivity index (χ1) is 16.7. The van der Waals surface area contributed by atoms with E-state index < -0.39 is 0 Å². The predicted molar refractivity (Wildman–Crippen MR) is 132 cm³/mol. The monoisotopic (exact) mass is 460 g/mol. The molecule has 1 aromatic heterocycles. The highest BCUT2D eigenvalue weighted by molar-refractivity contribution is 5.79. The zero-order valence-corrected chi connectivity index (χ0v) is 19.7. The number of amides is 1. The molecule has 0 unspecified atom stereocenters. The highest BCUT2D eigenvalue weighted by atomic mass is 16.5. The van der Waals surface area contributed by atoms with Crippen LogP contribution in [-0.4, -0.2) is 49.7 Å². The third-order valence-electron chi connectivity index (χ3n) is 6.88. The minimum atomic E-state index is 0.0664. The Morgan fingerprint density at radius 2 is 1.88 bits per heavy atom. The molecule has 6 heteroatoms. The SMILES string of the molecule is COc1ccc(N2CCN(C(=O)Cc3ccco3)[C@@H](Cc3ccccc3)C2)cc1OC1CCC1. The van der Waals surface area contributed by atoms with Crippen molar-refractivity contribution < 1.29 is 18.7 Å². The number of benzene rings is 2. The highest BCUT2D eigenvalue weighted by Gasteiger charge is 2.31. The minimum absolute atomic E-state index is 0.0664. The van der Waals surface area contributed by atoms with Crippen LogP contribution in [0.3, 0.4) is 0 Å². The molecule has 1 saturated heterocycles. The van der Waals surface area contributed by atoms with Gasteiger partial charge in [-0.05, 0) is 55.5 Å². The predicted octanol–water partition coefficient (Wildman–Crippen LogP) is 4.72. The Hall–Kier alpha value is -3.41. The van der Waals surface area contributed by atoms with Crippen molar-refractivity contribution in [1.82, 2.24) is 4.90 Å². The standard InChI is InChI=1S/C28H32N2O4/c1-32-26-13-12-22(18-27(26)34-24-9-5-10-24)29-14-15-30(28(31)19-25-11-6-16-33-25)23(20-29)17-21-7-3-2-4-8-21/h2-4,6-8,11-13,16,18,23-24H,5,9-10,14-15,17,19-20H2,1H3/t23-/m0/s1. The molecular formula is C28H32N2O4. The number of methoxy groups -OCH3 is 1. The van der Waals surface area contributed by atoms with Gasteiger partial charge < -0.3 is 23.7 Å². The van der Waals surface area contributed by atoms with Crippen LogP contribution in [0.1, 0.15) is 30.6 Å². The lowest BCUT2D eigenvalue weighted by molar-refractivity contribution is -0.133. The second kappa shape index (κ2) is 10.2. The molecule has 0 N–H and O–H groups in total. The maximum atomic E-state index is 13.2. The molecule has 178 valence electrons. The Labute approximate surface area is 201 Å². The maximum absolute atomic E-state index is 13.2. The summed E-state index contributed by atoms with van der Waals surface area (Å²) in [6, 6.07) is 20.3. The summed E-state index contributed by atoms with van der Waals surface area (Å²) in [6.07, 6.45) is 6.43. The Morgan fingerprint density at radius 1 is 1.03 bits per heavy atom. The molecule has 34 heavy (non-hydrogen) atoms. The topological polar surface area (TPSA) is 55.2 Å². The number of carbonyl (C=O) groups excluding carboxylic acids is 1. The molecule has 1 amide bonds. The van der Waals surface area contributed by atoms with Crippen LogP contribution >= 0.6 is 0 Å². The van der Waals surface area contributed by atoms with Crippen molar-refractivity contribution in [3.8, 4) is 11.5 Å². The van der Waals surface area contributed by atoms with E-state index in [9.17, 15) is 4.79 Å². The number of nitrogens with zero attached hydrogens (tertiary/aromatic N) is 2. The van der Waals surface area contributed by atoms with Gasteiger partial charge in [0, 0.05) is 31.4 Å². The third-order valence-corrected chi connectivity index (χ3v) is 6.88. The summed E-state index contributed by atoms with van der Waals surface area (Å²) in [4.78, 5) is 17.6. The van der Waals surface area contributed by atoms with Crippen molar-refractivity contribution in [3.05, 3.63) is 78.3 Å². The summed E-state index contributed by atoms with van der Waals surface area (Å²) in [5, 5.41) is 0. The molecule has 0 radical (unpaired) electrons. The van der Waals surface area contributed by atoms with E-state index in [0.29, 0.717) is 18.7 Å². The largest absolute Gasteiger partial charge is 0.493 e. The zero-order valence-electron chi connectivity index (χ0n) is 19.7. The molecule has 5 rings (SSSR count). The molecule has 1 atom stereocenters. The molecular weight excluding hydrogens is 428 g/mol. The van der Waals surface area contributed by atoms with Crippen LogP contribution in [0.2, 0.25) is 0 Å². The molecule has 2 aromatic carbocycles. The van der Waals surface area contributed by atoms with Crippen LogP contribution in [0.15, 0.2) is 71.3 Å². The van der Waals surface area contributed by atoms with Gasteiger partial charge in [0.15, 0.2) is 11.5 Å². The highest BCUT2D eigenvalue weighted by Crippen LogP contribution is 2.36. The van der Waals surface area contributed by atoms with Gasteiger partial charge in [-0.1, -0.05) is 30.3 Å². The van der Waals surface area contributed by atoms with E-state index in [1.807, 2.05) is 29.2 Å². The van der Waals surface area contributed by atoms with Crippen molar-refractivity contribution in [2.24, 2.45) is 0 Å². The summed E-state index contributed by atoms with van der Waals surface area (Å²) in [7, 11) is 1.68. The van der Waals surface area contributed by atoms with Crippen LogP contribution in [0.25, 0.3) is 0 Å². The fraction of sp³-hybridized carbons (Fsp3) is 0.393. The molecule has 3 aromatic rings. The molecule has 0 spiro atoms. The van der Waals surface area contributed by atoms with E-state index >= 15 is 0 Å².